The number of anilines is 2. The fourth-order valence-corrected chi connectivity index (χ4v) is 2.41. The van der Waals surface area contributed by atoms with Crippen LogP contribution < -0.4 is 20.3 Å². The van der Waals surface area contributed by atoms with E-state index in [1.165, 1.54) is 12.1 Å². The van der Waals surface area contributed by atoms with Gasteiger partial charge in [0.15, 0.2) is 0 Å². The third-order valence-corrected chi connectivity index (χ3v) is 3.71. The van der Waals surface area contributed by atoms with Gasteiger partial charge in [0.2, 0.25) is 0 Å². The van der Waals surface area contributed by atoms with Crippen molar-refractivity contribution in [3.05, 3.63) is 54.3 Å². The van der Waals surface area contributed by atoms with Gasteiger partial charge in [0.05, 0.1) is 6.54 Å². The average molecular weight is 345 g/mol. The van der Waals surface area contributed by atoms with Crippen molar-refractivity contribution >= 4 is 17.4 Å². The van der Waals surface area contributed by atoms with Crippen molar-refractivity contribution in [2.75, 3.05) is 36.5 Å². The molecule has 2 aromatic carbocycles. The van der Waals surface area contributed by atoms with Crippen molar-refractivity contribution < 1.29 is 13.9 Å². The van der Waals surface area contributed by atoms with Gasteiger partial charge in [-0.2, -0.15) is 0 Å². The summed E-state index contributed by atoms with van der Waals surface area (Å²) in [5.74, 6) is 0.0885. The number of amides is 2. The maximum atomic E-state index is 13.0. The zero-order valence-electron chi connectivity index (χ0n) is 14.6. The number of halogens is 1. The zero-order valence-corrected chi connectivity index (χ0v) is 14.6. The highest BCUT2D eigenvalue weighted by atomic mass is 19.1. The highest BCUT2D eigenvalue weighted by Gasteiger charge is 2.04. The molecule has 0 aliphatic rings. The molecule has 6 heteroatoms. The molecular formula is C19H24FN3O2. The molecule has 2 aromatic rings. The number of carbonyl (C=O) groups excluding carboxylic acids is 1. The smallest absolute Gasteiger partial charge is 0.319 e. The predicted molar refractivity (Wildman–Crippen MR) is 98.9 cm³/mol. The Balaban J connectivity index is 1.73. The summed E-state index contributed by atoms with van der Waals surface area (Å²) >= 11 is 0. The second kappa shape index (κ2) is 9.52. The third-order valence-electron chi connectivity index (χ3n) is 3.71. The van der Waals surface area contributed by atoms with Gasteiger partial charge in [0.25, 0.3) is 0 Å². The van der Waals surface area contributed by atoms with Crippen molar-refractivity contribution in [3.63, 3.8) is 0 Å². The Morgan fingerprint density at radius 2 is 1.84 bits per heavy atom. The van der Waals surface area contributed by atoms with Crippen LogP contribution in [0.1, 0.15) is 13.8 Å². The molecule has 5 nitrogen and oxygen atoms in total. The lowest BCUT2D eigenvalue weighted by molar-refractivity contribution is 0.247. The van der Waals surface area contributed by atoms with Gasteiger partial charge >= 0.3 is 6.03 Å². The number of rotatable bonds is 8. The average Bonchev–Trinajstić information content (AvgIpc) is 2.61. The lowest BCUT2D eigenvalue weighted by atomic mass is 10.2. The summed E-state index contributed by atoms with van der Waals surface area (Å²) in [5, 5.41) is 5.46. The minimum absolute atomic E-state index is 0.262. The van der Waals surface area contributed by atoms with E-state index >= 15 is 0 Å². The predicted octanol–water partition coefficient (Wildman–Crippen LogP) is 3.87. The van der Waals surface area contributed by atoms with Crippen LogP contribution in [0.5, 0.6) is 5.75 Å². The number of benzene rings is 2. The number of hydrogen-bond acceptors (Lipinski definition) is 3. The Labute approximate surface area is 147 Å². The molecule has 0 atom stereocenters. The molecule has 0 spiro atoms. The van der Waals surface area contributed by atoms with E-state index in [1.54, 1.807) is 12.1 Å². The van der Waals surface area contributed by atoms with Crippen LogP contribution in [0.2, 0.25) is 0 Å². The van der Waals surface area contributed by atoms with E-state index in [4.69, 9.17) is 4.74 Å². The quantitative estimate of drug-likeness (QED) is 0.714. The van der Waals surface area contributed by atoms with Gasteiger partial charge in [-0.3, -0.25) is 0 Å². The van der Waals surface area contributed by atoms with Gasteiger partial charge in [0.1, 0.15) is 18.2 Å². The summed E-state index contributed by atoms with van der Waals surface area (Å²) in [6.07, 6.45) is 0. The Bertz CT molecular complexity index is 673. The molecule has 0 heterocycles. The van der Waals surface area contributed by atoms with Crippen LogP contribution >= 0.6 is 0 Å². The van der Waals surface area contributed by atoms with E-state index in [9.17, 15) is 9.18 Å². The molecule has 2 rings (SSSR count). The number of hydrogen-bond donors (Lipinski definition) is 2. The van der Waals surface area contributed by atoms with Crippen molar-refractivity contribution in [3.8, 4) is 5.75 Å². The van der Waals surface area contributed by atoms with Gasteiger partial charge in [-0.1, -0.05) is 6.07 Å². The van der Waals surface area contributed by atoms with Gasteiger partial charge in [-0.05, 0) is 50.2 Å². The normalized spacial score (nSPS) is 10.2. The van der Waals surface area contributed by atoms with Crippen molar-refractivity contribution in [2.24, 2.45) is 0 Å². The Kier molecular flexibility index (Phi) is 7.07. The first-order chi connectivity index (χ1) is 12.1. The Morgan fingerprint density at radius 3 is 2.48 bits per heavy atom. The molecule has 25 heavy (non-hydrogen) atoms. The highest BCUT2D eigenvalue weighted by Crippen LogP contribution is 2.17. The van der Waals surface area contributed by atoms with Crippen LogP contribution in [-0.2, 0) is 0 Å². The van der Waals surface area contributed by atoms with Crippen LogP contribution in [-0.4, -0.2) is 32.3 Å². The fraction of sp³-hybridized carbons (Fsp3) is 0.316. The SMILES string of the molecule is CCN(CC)c1ccc(NC(=O)NCCOc2cccc(F)c2)cc1. The molecule has 0 saturated carbocycles. The fourth-order valence-electron chi connectivity index (χ4n) is 2.41. The van der Waals surface area contributed by atoms with E-state index < -0.39 is 0 Å². The Hall–Kier alpha value is -2.76. The monoisotopic (exact) mass is 345 g/mol. The maximum absolute atomic E-state index is 13.0. The number of ether oxygens (including phenoxy) is 1. The number of carbonyl (C=O) groups is 1. The highest BCUT2D eigenvalue weighted by molar-refractivity contribution is 5.89. The third kappa shape index (κ3) is 5.99. The second-order valence-corrected chi connectivity index (χ2v) is 5.41. The first-order valence-corrected chi connectivity index (χ1v) is 8.40. The van der Waals surface area contributed by atoms with E-state index in [-0.39, 0.29) is 18.5 Å². The largest absolute Gasteiger partial charge is 0.492 e. The second-order valence-electron chi connectivity index (χ2n) is 5.41. The minimum Gasteiger partial charge on any atom is -0.492 e. The Morgan fingerprint density at radius 1 is 1.12 bits per heavy atom. The number of nitrogens with zero attached hydrogens (tertiary/aromatic N) is 1. The van der Waals surface area contributed by atoms with Crippen LogP contribution in [0.15, 0.2) is 48.5 Å². The number of nitrogens with one attached hydrogen (secondary N) is 2. The van der Waals surface area contributed by atoms with E-state index in [2.05, 4.69) is 29.4 Å². The molecule has 0 unspecified atom stereocenters. The van der Waals surface area contributed by atoms with Gasteiger partial charge in [-0.15, -0.1) is 0 Å². The van der Waals surface area contributed by atoms with Crippen LogP contribution in [0.4, 0.5) is 20.6 Å². The minimum atomic E-state index is -0.351. The van der Waals surface area contributed by atoms with Crippen LogP contribution in [0.3, 0.4) is 0 Å². The van der Waals surface area contributed by atoms with Crippen molar-refractivity contribution in [1.82, 2.24) is 5.32 Å². The van der Waals surface area contributed by atoms with Gasteiger partial charge in [-0.25, -0.2) is 9.18 Å². The molecule has 0 bridgehead atoms. The van der Waals surface area contributed by atoms with Gasteiger partial charge < -0.3 is 20.3 Å². The standard InChI is InChI=1S/C19H24FN3O2/c1-3-23(4-2)17-10-8-16(9-11-17)22-19(24)21-12-13-25-18-7-5-6-15(20)14-18/h5-11,14H,3-4,12-13H2,1-2H3,(H2,21,22,24). The first-order valence-electron chi connectivity index (χ1n) is 8.40. The summed E-state index contributed by atoms with van der Waals surface area (Å²) in [6.45, 7) is 6.67. The lowest BCUT2D eigenvalue weighted by Crippen LogP contribution is -2.32. The maximum Gasteiger partial charge on any atom is 0.319 e. The summed E-state index contributed by atoms with van der Waals surface area (Å²) < 4.78 is 18.4. The van der Waals surface area contributed by atoms with E-state index in [1.807, 2.05) is 24.3 Å². The van der Waals surface area contributed by atoms with Crippen molar-refractivity contribution in [2.45, 2.75) is 13.8 Å². The first kappa shape index (κ1) is 18.6. The van der Waals surface area contributed by atoms with Crippen LogP contribution in [0.25, 0.3) is 0 Å². The summed E-state index contributed by atoms with van der Waals surface area (Å²) in [4.78, 5) is 14.1. The summed E-state index contributed by atoms with van der Waals surface area (Å²) in [7, 11) is 0. The molecule has 134 valence electrons. The van der Waals surface area contributed by atoms with Crippen molar-refractivity contribution in [1.29, 1.82) is 0 Å². The molecule has 0 aliphatic heterocycles. The molecule has 0 radical (unpaired) electrons. The molecule has 2 amide bonds. The molecule has 0 aliphatic carbocycles. The van der Waals surface area contributed by atoms with Crippen LogP contribution in [0, 0.1) is 5.82 Å². The molecule has 0 saturated heterocycles. The molecule has 0 fully saturated rings. The molecule has 2 N–H and O–H groups in total. The zero-order chi connectivity index (χ0) is 18.1. The lowest BCUT2D eigenvalue weighted by Gasteiger charge is -2.21. The van der Waals surface area contributed by atoms with Gasteiger partial charge in [0, 0.05) is 30.5 Å². The van der Waals surface area contributed by atoms with E-state index in [0.29, 0.717) is 12.3 Å². The summed E-state index contributed by atoms with van der Waals surface area (Å²) in [6, 6.07) is 13.3. The van der Waals surface area contributed by atoms with E-state index in [0.717, 1.165) is 24.5 Å². The topological polar surface area (TPSA) is 53.6 Å². The molecule has 0 aromatic heterocycles. The summed E-state index contributed by atoms with van der Waals surface area (Å²) in [5.41, 5.74) is 1.85. The number of urea groups is 1. The molecular weight excluding hydrogens is 321 g/mol.